The highest BCUT2D eigenvalue weighted by Gasteiger charge is 2.13. The van der Waals surface area contributed by atoms with Gasteiger partial charge in [0, 0.05) is 22.6 Å². The number of aliphatic carboxylic acids is 1. The lowest BCUT2D eigenvalue weighted by molar-refractivity contribution is -0.137. The molecule has 0 bridgehead atoms. The van der Waals surface area contributed by atoms with Crippen molar-refractivity contribution >= 4 is 29.2 Å². The molecule has 1 unspecified atom stereocenters. The zero-order valence-electron chi connectivity index (χ0n) is 10.5. The van der Waals surface area contributed by atoms with Gasteiger partial charge in [-0.25, -0.2) is 0 Å². The van der Waals surface area contributed by atoms with Crippen LogP contribution in [0.4, 0.5) is 0 Å². The molecule has 0 heterocycles. The standard InChI is InChI=1S/C13H17Cl2NO2/c1-9(16(2)6-5-13(17)18)7-10-3-4-11(14)8-12(10)15/h3-4,8-9H,5-7H2,1-2H3,(H,17,18). The summed E-state index contributed by atoms with van der Waals surface area (Å²) < 4.78 is 0. The van der Waals surface area contributed by atoms with Crippen LogP contribution in [0.15, 0.2) is 18.2 Å². The van der Waals surface area contributed by atoms with E-state index in [1.807, 2.05) is 31.0 Å². The summed E-state index contributed by atoms with van der Waals surface area (Å²) in [4.78, 5) is 12.5. The van der Waals surface area contributed by atoms with E-state index >= 15 is 0 Å². The van der Waals surface area contributed by atoms with E-state index in [1.54, 1.807) is 6.07 Å². The third-order valence-electron chi connectivity index (χ3n) is 2.96. The normalized spacial score (nSPS) is 12.7. The van der Waals surface area contributed by atoms with Crippen LogP contribution in [0.25, 0.3) is 0 Å². The molecule has 0 aliphatic carbocycles. The van der Waals surface area contributed by atoms with E-state index in [0.717, 1.165) is 12.0 Å². The fourth-order valence-corrected chi connectivity index (χ4v) is 2.14. The van der Waals surface area contributed by atoms with Gasteiger partial charge in [-0.1, -0.05) is 29.3 Å². The van der Waals surface area contributed by atoms with Crippen LogP contribution in [-0.2, 0) is 11.2 Å². The SMILES string of the molecule is CC(Cc1ccc(Cl)cc1Cl)N(C)CCC(=O)O. The number of carboxylic acids is 1. The molecule has 0 amide bonds. The van der Waals surface area contributed by atoms with Crippen LogP contribution in [0.1, 0.15) is 18.9 Å². The largest absolute Gasteiger partial charge is 0.481 e. The van der Waals surface area contributed by atoms with Crippen LogP contribution >= 0.6 is 23.2 Å². The molecule has 0 aliphatic heterocycles. The number of carboxylic acid groups (broad SMARTS) is 1. The molecule has 1 N–H and O–H groups in total. The summed E-state index contributed by atoms with van der Waals surface area (Å²) in [5, 5.41) is 9.92. The van der Waals surface area contributed by atoms with Gasteiger partial charge in [-0.15, -0.1) is 0 Å². The quantitative estimate of drug-likeness (QED) is 0.873. The second-order valence-electron chi connectivity index (χ2n) is 4.41. The van der Waals surface area contributed by atoms with Crippen molar-refractivity contribution in [3.63, 3.8) is 0 Å². The molecule has 100 valence electrons. The van der Waals surface area contributed by atoms with Gasteiger partial charge in [-0.05, 0) is 38.1 Å². The van der Waals surface area contributed by atoms with Crippen LogP contribution in [0.3, 0.4) is 0 Å². The summed E-state index contributed by atoms with van der Waals surface area (Å²) in [5.74, 6) is -0.779. The summed E-state index contributed by atoms with van der Waals surface area (Å²) in [6.45, 7) is 2.58. The van der Waals surface area contributed by atoms with Gasteiger partial charge in [0.2, 0.25) is 0 Å². The zero-order valence-corrected chi connectivity index (χ0v) is 12.0. The predicted octanol–water partition coefficient (Wildman–Crippen LogP) is 3.33. The smallest absolute Gasteiger partial charge is 0.304 e. The second kappa shape index (κ2) is 6.98. The third-order valence-corrected chi connectivity index (χ3v) is 3.55. The van der Waals surface area contributed by atoms with E-state index in [2.05, 4.69) is 0 Å². The minimum Gasteiger partial charge on any atom is -0.481 e. The van der Waals surface area contributed by atoms with Gasteiger partial charge in [0.15, 0.2) is 0 Å². The maximum Gasteiger partial charge on any atom is 0.304 e. The van der Waals surface area contributed by atoms with Crippen LogP contribution < -0.4 is 0 Å². The first-order chi connectivity index (χ1) is 8.40. The molecule has 18 heavy (non-hydrogen) atoms. The van der Waals surface area contributed by atoms with E-state index in [1.165, 1.54) is 0 Å². The lowest BCUT2D eigenvalue weighted by atomic mass is 10.1. The molecule has 1 aromatic rings. The number of nitrogens with zero attached hydrogens (tertiary/aromatic N) is 1. The Hall–Kier alpha value is -0.770. The Morgan fingerprint density at radius 1 is 1.44 bits per heavy atom. The Balaban J connectivity index is 2.57. The molecule has 5 heteroatoms. The van der Waals surface area contributed by atoms with Crippen molar-refractivity contribution in [1.82, 2.24) is 4.90 Å². The number of carbonyl (C=O) groups is 1. The van der Waals surface area contributed by atoms with Crippen molar-refractivity contribution in [2.24, 2.45) is 0 Å². The third kappa shape index (κ3) is 4.84. The molecule has 1 rings (SSSR count). The van der Waals surface area contributed by atoms with E-state index in [-0.39, 0.29) is 12.5 Å². The molecule has 1 aromatic carbocycles. The van der Waals surface area contributed by atoms with Crippen molar-refractivity contribution in [2.45, 2.75) is 25.8 Å². The van der Waals surface area contributed by atoms with Gasteiger partial charge in [0.1, 0.15) is 0 Å². The molecule has 0 saturated heterocycles. The van der Waals surface area contributed by atoms with E-state index in [4.69, 9.17) is 28.3 Å². The maximum absolute atomic E-state index is 10.5. The molecular formula is C13H17Cl2NO2. The van der Waals surface area contributed by atoms with Crippen molar-refractivity contribution in [3.05, 3.63) is 33.8 Å². The highest BCUT2D eigenvalue weighted by atomic mass is 35.5. The van der Waals surface area contributed by atoms with Crippen LogP contribution in [0, 0.1) is 0 Å². The molecule has 0 radical (unpaired) electrons. The Labute approximate surface area is 117 Å². The lowest BCUT2D eigenvalue weighted by Crippen LogP contribution is -2.32. The van der Waals surface area contributed by atoms with Crippen molar-refractivity contribution in [2.75, 3.05) is 13.6 Å². The maximum atomic E-state index is 10.5. The van der Waals surface area contributed by atoms with Crippen molar-refractivity contribution < 1.29 is 9.90 Å². The molecule has 3 nitrogen and oxygen atoms in total. The zero-order chi connectivity index (χ0) is 13.7. The average molecular weight is 290 g/mol. The van der Waals surface area contributed by atoms with Crippen molar-refractivity contribution in [1.29, 1.82) is 0 Å². The minimum atomic E-state index is -0.779. The molecule has 0 aliphatic rings. The first-order valence-corrected chi connectivity index (χ1v) is 6.51. The van der Waals surface area contributed by atoms with Crippen LogP contribution in [0.5, 0.6) is 0 Å². The van der Waals surface area contributed by atoms with Gasteiger partial charge in [0.25, 0.3) is 0 Å². The molecule has 0 fully saturated rings. The molecule has 1 atom stereocenters. The fraction of sp³-hybridized carbons (Fsp3) is 0.462. The molecule has 0 aromatic heterocycles. The van der Waals surface area contributed by atoms with E-state index in [9.17, 15) is 4.79 Å². The second-order valence-corrected chi connectivity index (χ2v) is 5.26. The van der Waals surface area contributed by atoms with Gasteiger partial charge in [-0.3, -0.25) is 4.79 Å². The number of likely N-dealkylation sites (N-methyl/N-ethyl adjacent to an activating group) is 1. The van der Waals surface area contributed by atoms with Crippen LogP contribution in [-0.4, -0.2) is 35.6 Å². The summed E-state index contributed by atoms with van der Waals surface area (Å²) in [7, 11) is 1.91. The van der Waals surface area contributed by atoms with Gasteiger partial charge in [-0.2, -0.15) is 0 Å². The Morgan fingerprint density at radius 3 is 2.67 bits per heavy atom. The van der Waals surface area contributed by atoms with Crippen molar-refractivity contribution in [3.8, 4) is 0 Å². The van der Waals surface area contributed by atoms with Gasteiger partial charge < -0.3 is 10.0 Å². The van der Waals surface area contributed by atoms with Crippen LogP contribution in [0.2, 0.25) is 10.0 Å². The molecular weight excluding hydrogens is 273 g/mol. The monoisotopic (exact) mass is 289 g/mol. The van der Waals surface area contributed by atoms with Gasteiger partial charge >= 0.3 is 5.97 Å². The summed E-state index contributed by atoms with van der Waals surface area (Å²) in [6.07, 6.45) is 0.918. The summed E-state index contributed by atoms with van der Waals surface area (Å²) >= 11 is 11.9. The Morgan fingerprint density at radius 2 is 2.11 bits per heavy atom. The van der Waals surface area contributed by atoms with Gasteiger partial charge in [0.05, 0.1) is 6.42 Å². The average Bonchev–Trinajstić information content (AvgIpc) is 2.29. The predicted molar refractivity (Wildman–Crippen MR) is 74.5 cm³/mol. The topological polar surface area (TPSA) is 40.5 Å². The molecule has 0 spiro atoms. The first kappa shape index (κ1) is 15.3. The first-order valence-electron chi connectivity index (χ1n) is 5.76. The highest BCUT2D eigenvalue weighted by molar-refractivity contribution is 6.35. The summed E-state index contributed by atoms with van der Waals surface area (Å²) in [6, 6.07) is 5.67. The Kier molecular flexibility index (Phi) is 5.93. The molecule has 0 saturated carbocycles. The minimum absolute atomic E-state index is 0.148. The summed E-state index contributed by atoms with van der Waals surface area (Å²) in [5.41, 5.74) is 1.02. The van der Waals surface area contributed by atoms with E-state index in [0.29, 0.717) is 16.6 Å². The number of rotatable bonds is 6. The number of hydrogen-bond donors (Lipinski definition) is 1. The number of halogens is 2. The number of benzene rings is 1. The highest BCUT2D eigenvalue weighted by Crippen LogP contribution is 2.22. The van der Waals surface area contributed by atoms with E-state index < -0.39 is 5.97 Å². The number of hydrogen-bond acceptors (Lipinski definition) is 2. The fourth-order valence-electron chi connectivity index (χ4n) is 1.65. The Bertz CT molecular complexity index is 423. The lowest BCUT2D eigenvalue weighted by Gasteiger charge is -2.24.